The number of sulfonamides is 1. The van der Waals surface area contributed by atoms with Crippen molar-refractivity contribution < 1.29 is 26.4 Å². The fourth-order valence-electron chi connectivity index (χ4n) is 2.00. The number of halogens is 3. The van der Waals surface area contributed by atoms with E-state index >= 15 is 0 Å². The number of carbonyl (C=O) groups is 1. The van der Waals surface area contributed by atoms with Gasteiger partial charge in [-0.15, -0.1) is 0 Å². The molecule has 0 radical (unpaired) electrons. The van der Waals surface area contributed by atoms with Crippen molar-refractivity contribution in [3.63, 3.8) is 0 Å². The Balaban J connectivity index is 1.84. The van der Waals surface area contributed by atoms with Crippen LogP contribution in [0.15, 0.2) is 47.4 Å². The summed E-state index contributed by atoms with van der Waals surface area (Å²) in [5.41, 5.74) is 0.0291. The van der Waals surface area contributed by atoms with Crippen molar-refractivity contribution >= 4 is 21.6 Å². The van der Waals surface area contributed by atoms with E-state index in [1.807, 2.05) is 0 Å². The summed E-state index contributed by atoms with van der Waals surface area (Å²) < 4.78 is 65.7. The van der Waals surface area contributed by atoms with E-state index in [4.69, 9.17) is 0 Å². The van der Waals surface area contributed by atoms with Gasteiger partial charge in [0.2, 0.25) is 15.9 Å². The van der Waals surface area contributed by atoms with Crippen LogP contribution in [-0.2, 0) is 14.8 Å². The summed E-state index contributed by atoms with van der Waals surface area (Å²) >= 11 is 0. The van der Waals surface area contributed by atoms with Crippen molar-refractivity contribution in [1.82, 2.24) is 4.72 Å². The Hall–Kier alpha value is -2.39. The van der Waals surface area contributed by atoms with Crippen LogP contribution in [0.5, 0.6) is 0 Å². The van der Waals surface area contributed by atoms with Gasteiger partial charge in [-0.25, -0.2) is 26.3 Å². The molecule has 0 aliphatic rings. The van der Waals surface area contributed by atoms with Gasteiger partial charge < -0.3 is 5.32 Å². The van der Waals surface area contributed by atoms with Gasteiger partial charge in [-0.05, 0) is 30.7 Å². The molecule has 0 aromatic heterocycles. The summed E-state index contributed by atoms with van der Waals surface area (Å²) in [6.45, 7) is -0.135. The van der Waals surface area contributed by atoms with Crippen LogP contribution in [0.2, 0.25) is 0 Å². The Morgan fingerprint density at radius 3 is 2.40 bits per heavy atom. The van der Waals surface area contributed by atoms with E-state index in [-0.39, 0.29) is 25.1 Å². The Bertz CT molecular complexity index is 873. The molecule has 9 heteroatoms. The van der Waals surface area contributed by atoms with E-state index in [1.54, 1.807) is 6.07 Å². The molecule has 0 spiro atoms. The highest BCUT2D eigenvalue weighted by molar-refractivity contribution is 7.89. The molecular weight excluding hydrogens is 357 g/mol. The average Bonchev–Trinajstić information content (AvgIpc) is 2.53. The quantitative estimate of drug-likeness (QED) is 0.734. The summed E-state index contributed by atoms with van der Waals surface area (Å²) in [6.07, 6.45) is 0.0467. The van der Waals surface area contributed by atoms with Crippen LogP contribution >= 0.6 is 0 Å². The molecule has 134 valence electrons. The maximum atomic E-state index is 13.5. The lowest BCUT2D eigenvalue weighted by Crippen LogP contribution is -2.26. The summed E-state index contributed by atoms with van der Waals surface area (Å²) in [6, 6.07) is 7.75. The molecule has 0 unspecified atom stereocenters. The first-order valence-corrected chi connectivity index (χ1v) is 8.77. The minimum Gasteiger partial charge on any atom is -0.324 e. The third kappa shape index (κ3) is 5.30. The Labute approximate surface area is 142 Å². The summed E-state index contributed by atoms with van der Waals surface area (Å²) in [7, 11) is -4.15. The van der Waals surface area contributed by atoms with Gasteiger partial charge >= 0.3 is 0 Å². The van der Waals surface area contributed by atoms with Gasteiger partial charge in [-0.2, -0.15) is 0 Å². The molecule has 5 nitrogen and oxygen atoms in total. The number of hydrogen-bond acceptors (Lipinski definition) is 3. The molecule has 0 atom stereocenters. The molecule has 1 amide bonds. The van der Waals surface area contributed by atoms with E-state index in [1.165, 1.54) is 18.2 Å². The van der Waals surface area contributed by atoms with Crippen molar-refractivity contribution in [2.75, 3.05) is 11.9 Å². The molecule has 2 N–H and O–H groups in total. The second-order valence-electron chi connectivity index (χ2n) is 5.10. The monoisotopic (exact) mass is 372 g/mol. The third-order valence-corrected chi connectivity index (χ3v) is 4.70. The first kappa shape index (κ1) is 18.9. The van der Waals surface area contributed by atoms with Crippen molar-refractivity contribution in [3.8, 4) is 0 Å². The molecule has 2 aromatic rings. The Morgan fingerprint density at radius 2 is 1.72 bits per heavy atom. The van der Waals surface area contributed by atoms with Gasteiger partial charge in [0.25, 0.3) is 0 Å². The highest BCUT2D eigenvalue weighted by Crippen LogP contribution is 2.15. The highest BCUT2D eigenvalue weighted by Gasteiger charge is 2.19. The average molecular weight is 372 g/mol. The molecule has 0 fully saturated rings. The van der Waals surface area contributed by atoms with E-state index < -0.39 is 38.3 Å². The zero-order valence-corrected chi connectivity index (χ0v) is 13.7. The van der Waals surface area contributed by atoms with E-state index in [0.29, 0.717) is 6.07 Å². The van der Waals surface area contributed by atoms with Crippen LogP contribution in [0.4, 0.5) is 18.9 Å². The normalized spacial score (nSPS) is 11.3. The topological polar surface area (TPSA) is 75.3 Å². The molecule has 0 saturated heterocycles. The largest absolute Gasteiger partial charge is 0.324 e. The second kappa shape index (κ2) is 8.13. The standard InChI is InChI=1S/C16H15F3N2O3S/c17-11-7-8-15(13(19)10-11)25(23,24)20-9-3-6-16(22)21-14-5-2-1-4-12(14)18/h1-2,4-5,7-8,10,20H,3,6,9H2,(H,21,22). The number of carbonyl (C=O) groups excluding carboxylic acids is 1. The maximum absolute atomic E-state index is 13.5. The lowest BCUT2D eigenvalue weighted by molar-refractivity contribution is -0.116. The first-order valence-electron chi connectivity index (χ1n) is 7.29. The van der Waals surface area contributed by atoms with Crippen LogP contribution in [0.1, 0.15) is 12.8 Å². The molecule has 2 rings (SSSR count). The molecule has 0 heterocycles. The predicted octanol–water partition coefficient (Wildman–Crippen LogP) is 2.80. The van der Waals surface area contributed by atoms with Crippen LogP contribution < -0.4 is 10.0 Å². The van der Waals surface area contributed by atoms with Crippen molar-refractivity contribution in [2.45, 2.75) is 17.7 Å². The summed E-state index contributed by atoms with van der Waals surface area (Å²) in [4.78, 5) is 11.0. The van der Waals surface area contributed by atoms with Gasteiger partial charge in [0.1, 0.15) is 22.3 Å². The minimum atomic E-state index is -4.15. The number of anilines is 1. The first-order chi connectivity index (χ1) is 11.8. The van der Waals surface area contributed by atoms with Crippen molar-refractivity contribution in [3.05, 3.63) is 59.9 Å². The van der Waals surface area contributed by atoms with Crippen molar-refractivity contribution in [2.24, 2.45) is 0 Å². The lowest BCUT2D eigenvalue weighted by Gasteiger charge is -2.08. The van der Waals surface area contributed by atoms with E-state index in [0.717, 1.165) is 12.1 Å². The molecule has 0 aliphatic heterocycles. The zero-order valence-electron chi connectivity index (χ0n) is 12.9. The zero-order chi connectivity index (χ0) is 18.4. The number of rotatable bonds is 7. The van der Waals surface area contributed by atoms with Crippen LogP contribution in [-0.4, -0.2) is 20.9 Å². The molecule has 0 saturated carbocycles. The SMILES string of the molecule is O=C(CCCNS(=O)(=O)c1ccc(F)cc1F)Nc1ccccc1F. The maximum Gasteiger partial charge on any atom is 0.243 e. The predicted molar refractivity (Wildman–Crippen MR) is 85.8 cm³/mol. The van der Waals surface area contributed by atoms with Crippen molar-refractivity contribution in [1.29, 1.82) is 0 Å². The van der Waals surface area contributed by atoms with Gasteiger partial charge in [-0.3, -0.25) is 4.79 Å². The van der Waals surface area contributed by atoms with E-state index in [2.05, 4.69) is 10.0 Å². The fraction of sp³-hybridized carbons (Fsp3) is 0.188. The number of hydrogen-bond donors (Lipinski definition) is 2. The minimum absolute atomic E-state index is 0.0291. The van der Waals surface area contributed by atoms with Crippen LogP contribution in [0.25, 0.3) is 0 Å². The Kier molecular flexibility index (Phi) is 6.16. The summed E-state index contributed by atoms with van der Waals surface area (Å²) in [5.74, 6) is -3.16. The second-order valence-corrected chi connectivity index (χ2v) is 6.84. The fourth-order valence-corrected chi connectivity index (χ4v) is 3.13. The van der Waals surface area contributed by atoms with Gasteiger partial charge in [0.05, 0.1) is 5.69 Å². The van der Waals surface area contributed by atoms with Gasteiger partial charge in [0.15, 0.2) is 0 Å². The van der Waals surface area contributed by atoms with Crippen LogP contribution in [0.3, 0.4) is 0 Å². The smallest absolute Gasteiger partial charge is 0.243 e. The third-order valence-electron chi connectivity index (χ3n) is 3.20. The van der Waals surface area contributed by atoms with Gasteiger partial charge in [-0.1, -0.05) is 12.1 Å². The Morgan fingerprint density at radius 1 is 1.00 bits per heavy atom. The number of para-hydroxylation sites is 1. The van der Waals surface area contributed by atoms with E-state index in [9.17, 15) is 26.4 Å². The highest BCUT2D eigenvalue weighted by atomic mass is 32.2. The molecule has 0 bridgehead atoms. The number of benzene rings is 2. The molecule has 0 aliphatic carbocycles. The molecule has 2 aromatic carbocycles. The molecule has 25 heavy (non-hydrogen) atoms. The number of nitrogens with one attached hydrogen (secondary N) is 2. The molecular formula is C16H15F3N2O3S. The summed E-state index contributed by atoms with van der Waals surface area (Å²) in [5, 5.41) is 2.36. The number of amides is 1. The lowest BCUT2D eigenvalue weighted by atomic mass is 10.2. The van der Waals surface area contributed by atoms with Gasteiger partial charge in [0, 0.05) is 19.0 Å². The van der Waals surface area contributed by atoms with Crippen LogP contribution in [0, 0.1) is 17.5 Å².